The molecule has 3 nitrogen and oxygen atoms in total. The molecule has 0 unspecified atom stereocenters. The number of hydrogen-bond acceptors (Lipinski definition) is 3. The summed E-state index contributed by atoms with van der Waals surface area (Å²) >= 11 is 5.51. The summed E-state index contributed by atoms with van der Waals surface area (Å²) in [6, 6.07) is 2.07. The Morgan fingerprint density at radius 1 is 1.41 bits per heavy atom. The number of thiocarbonyl (C=S) groups is 1. The van der Waals surface area contributed by atoms with Gasteiger partial charge in [0.05, 0.1) is 18.2 Å². The van der Waals surface area contributed by atoms with Gasteiger partial charge in [0.15, 0.2) is 0 Å². The summed E-state index contributed by atoms with van der Waals surface area (Å²) in [5.41, 5.74) is 2.60. The lowest BCUT2D eigenvalue weighted by Crippen LogP contribution is -2.40. The van der Waals surface area contributed by atoms with Crippen molar-refractivity contribution < 1.29 is 4.74 Å². The van der Waals surface area contributed by atoms with E-state index in [2.05, 4.69) is 22.9 Å². The maximum atomic E-state index is 5.51. The second-order valence-corrected chi connectivity index (χ2v) is 4.64. The molecule has 1 aromatic heterocycles. The Hall–Kier alpha value is -1.00. The van der Waals surface area contributed by atoms with E-state index in [0.717, 1.165) is 44.1 Å². The molecule has 0 aliphatic carbocycles. The monoisotopic (exact) mass is 250 g/mol. The quantitative estimate of drug-likeness (QED) is 0.765. The zero-order valence-electron chi connectivity index (χ0n) is 10.2. The molecule has 0 saturated carbocycles. The van der Waals surface area contributed by atoms with Crippen LogP contribution in [0.15, 0.2) is 18.5 Å². The third-order valence-electron chi connectivity index (χ3n) is 3.09. The van der Waals surface area contributed by atoms with Gasteiger partial charge in [0, 0.05) is 31.9 Å². The lowest BCUT2D eigenvalue weighted by molar-refractivity contribution is 0.0684. The Labute approximate surface area is 108 Å². The van der Waals surface area contributed by atoms with Crippen molar-refractivity contribution in [1.29, 1.82) is 0 Å². The first-order valence-electron chi connectivity index (χ1n) is 6.08. The summed E-state index contributed by atoms with van der Waals surface area (Å²) < 4.78 is 5.33. The van der Waals surface area contributed by atoms with Gasteiger partial charge < -0.3 is 9.64 Å². The Balaban J connectivity index is 2.01. The number of nitrogens with zero attached hydrogens (tertiary/aromatic N) is 2. The van der Waals surface area contributed by atoms with Crippen LogP contribution in [0.1, 0.15) is 18.1 Å². The second-order valence-electron chi connectivity index (χ2n) is 4.17. The highest BCUT2D eigenvalue weighted by molar-refractivity contribution is 7.80. The molecule has 0 N–H and O–H groups in total. The Bertz CT molecular complexity index is 389. The normalized spacial score (nSPS) is 15.9. The minimum absolute atomic E-state index is 0.789. The Morgan fingerprint density at radius 2 is 2.18 bits per heavy atom. The van der Waals surface area contributed by atoms with Crippen LogP contribution in [0, 0.1) is 0 Å². The molecule has 0 bridgehead atoms. The van der Waals surface area contributed by atoms with Crippen molar-refractivity contribution in [2.45, 2.75) is 19.8 Å². The van der Waals surface area contributed by atoms with E-state index in [1.54, 1.807) is 0 Å². The minimum Gasteiger partial charge on any atom is -0.378 e. The fourth-order valence-electron chi connectivity index (χ4n) is 2.03. The van der Waals surface area contributed by atoms with E-state index < -0.39 is 0 Å². The molecule has 0 radical (unpaired) electrons. The molecule has 0 aromatic carbocycles. The zero-order chi connectivity index (χ0) is 12.1. The van der Waals surface area contributed by atoms with Crippen LogP contribution in [0.4, 0.5) is 0 Å². The van der Waals surface area contributed by atoms with E-state index in [-0.39, 0.29) is 0 Å². The largest absolute Gasteiger partial charge is 0.378 e. The summed E-state index contributed by atoms with van der Waals surface area (Å²) in [7, 11) is 0. The number of hydrogen-bond donors (Lipinski definition) is 0. The molecule has 0 spiro atoms. The third kappa shape index (κ3) is 3.23. The molecule has 2 rings (SSSR count). The van der Waals surface area contributed by atoms with Crippen LogP contribution in [-0.4, -0.2) is 41.2 Å². The van der Waals surface area contributed by atoms with Gasteiger partial charge in [-0.1, -0.05) is 19.1 Å². The molecule has 1 saturated heterocycles. The van der Waals surface area contributed by atoms with Crippen molar-refractivity contribution >= 4 is 17.2 Å². The van der Waals surface area contributed by atoms with Gasteiger partial charge >= 0.3 is 0 Å². The van der Waals surface area contributed by atoms with E-state index in [4.69, 9.17) is 17.0 Å². The van der Waals surface area contributed by atoms with Crippen molar-refractivity contribution in [2.24, 2.45) is 0 Å². The predicted octanol–water partition coefficient (Wildman–Crippen LogP) is 1.85. The van der Waals surface area contributed by atoms with E-state index in [1.165, 1.54) is 11.1 Å². The molecule has 92 valence electrons. The summed E-state index contributed by atoms with van der Waals surface area (Å²) in [6.45, 7) is 5.57. The van der Waals surface area contributed by atoms with Crippen LogP contribution < -0.4 is 0 Å². The van der Waals surface area contributed by atoms with Crippen LogP contribution in [-0.2, 0) is 17.6 Å². The highest BCUT2D eigenvalue weighted by atomic mass is 32.1. The van der Waals surface area contributed by atoms with Gasteiger partial charge in [0.2, 0.25) is 0 Å². The second kappa shape index (κ2) is 6.07. The fourth-order valence-corrected chi connectivity index (χ4v) is 2.37. The molecule has 4 heteroatoms. The zero-order valence-corrected chi connectivity index (χ0v) is 11.0. The van der Waals surface area contributed by atoms with Crippen molar-refractivity contribution in [3.8, 4) is 0 Å². The summed E-state index contributed by atoms with van der Waals surface area (Å²) in [6.07, 6.45) is 5.64. The molecule has 1 aliphatic heterocycles. The molecular formula is C13H18N2OS. The third-order valence-corrected chi connectivity index (χ3v) is 3.49. The van der Waals surface area contributed by atoms with Crippen molar-refractivity contribution in [1.82, 2.24) is 9.88 Å². The molecule has 1 fully saturated rings. The number of rotatable bonds is 3. The molecule has 0 amide bonds. The van der Waals surface area contributed by atoms with Gasteiger partial charge in [-0.3, -0.25) is 4.98 Å². The fraction of sp³-hybridized carbons (Fsp3) is 0.538. The van der Waals surface area contributed by atoms with Crippen LogP contribution >= 0.6 is 12.2 Å². The first kappa shape index (κ1) is 12.5. The number of ether oxygens (including phenoxy) is 1. The number of aromatic nitrogens is 1. The smallest absolute Gasteiger partial charge is 0.0825 e. The van der Waals surface area contributed by atoms with Crippen molar-refractivity contribution in [3.05, 3.63) is 29.6 Å². The molecular weight excluding hydrogens is 232 g/mol. The molecule has 0 atom stereocenters. The lowest BCUT2D eigenvalue weighted by Gasteiger charge is -2.29. The topological polar surface area (TPSA) is 25.4 Å². The summed E-state index contributed by atoms with van der Waals surface area (Å²) in [5, 5.41) is 0. The van der Waals surface area contributed by atoms with Gasteiger partial charge in [-0.15, -0.1) is 0 Å². The minimum atomic E-state index is 0.789. The van der Waals surface area contributed by atoms with Crippen molar-refractivity contribution in [3.63, 3.8) is 0 Å². The standard InChI is InChI=1S/C13H18N2OS/c1-2-11-10-14-4-3-12(11)9-13(17)15-5-7-16-8-6-15/h3-4,10H,2,5-9H2,1H3. The van der Waals surface area contributed by atoms with E-state index >= 15 is 0 Å². The summed E-state index contributed by atoms with van der Waals surface area (Å²) in [4.78, 5) is 7.43. The van der Waals surface area contributed by atoms with Gasteiger partial charge in [0.1, 0.15) is 0 Å². The molecule has 2 heterocycles. The first-order chi connectivity index (χ1) is 8.31. The highest BCUT2D eigenvalue weighted by Gasteiger charge is 2.14. The maximum absolute atomic E-state index is 5.51. The SMILES string of the molecule is CCc1cnccc1CC(=S)N1CCOCC1. The van der Waals surface area contributed by atoms with Crippen LogP contribution in [0.5, 0.6) is 0 Å². The Morgan fingerprint density at radius 3 is 2.88 bits per heavy atom. The van der Waals surface area contributed by atoms with Crippen LogP contribution in [0.3, 0.4) is 0 Å². The van der Waals surface area contributed by atoms with Crippen LogP contribution in [0.25, 0.3) is 0 Å². The van der Waals surface area contributed by atoms with E-state index in [1.807, 2.05) is 12.4 Å². The van der Waals surface area contributed by atoms with E-state index in [0.29, 0.717) is 0 Å². The number of pyridine rings is 1. The van der Waals surface area contributed by atoms with Gasteiger partial charge in [-0.25, -0.2) is 0 Å². The lowest BCUT2D eigenvalue weighted by atomic mass is 10.1. The maximum Gasteiger partial charge on any atom is 0.0825 e. The first-order valence-corrected chi connectivity index (χ1v) is 6.49. The molecule has 1 aliphatic rings. The predicted molar refractivity (Wildman–Crippen MR) is 72.3 cm³/mol. The van der Waals surface area contributed by atoms with Gasteiger partial charge in [-0.05, 0) is 23.6 Å². The molecule has 17 heavy (non-hydrogen) atoms. The summed E-state index contributed by atoms with van der Waals surface area (Å²) in [5.74, 6) is 0. The Kier molecular flexibility index (Phi) is 4.45. The molecule has 1 aromatic rings. The average molecular weight is 250 g/mol. The van der Waals surface area contributed by atoms with Gasteiger partial charge in [-0.2, -0.15) is 0 Å². The van der Waals surface area contributed by atoms with E-state index in [9.17, 15) is 0 Å². The highest BCUT2D eigenvalue weighted by Crippen LogP contribution is 2.11. The average Bonchev–Trinajstić information content (AvgIpc) is 2.40. The van der Waals surface area contributed by atoms with Crippen LogP contribution in [0.2, 0.25) is 0 Å². The van der Waals surface area contributed by atoms with Crippen molar-refractivity contribution in [2.75, 3.05) is 26.3 Å². The van der Waals surface area contributed by atoms with Gasteiger partial charge in [0.25, 0.3) is 0 Å². The number of aryl methyl sites for hydroxylation is 1. The number of morpholine rings is 1.